The Hall–Kier alpha value is -1.63. The number of rotatable bonds is 6. The predicted octanol–water partition coefficient (Wildman–Crippen LogP) is 5.94. The van der Waals surface area contributed by atoms with Gasteiger partial charge in [0, 0.05) is 37.4 Å². The lowest BCUT2D eigenvalue weighted by molar-refractivity contribution is -0.143. The molecule has 35 heavy (non-hydrogen) atoms. The molecule has 3 saturated carbocycles. The SMILES string of the molecule is CC1(C)OC2=C(O1)[C@@]1(C)C(=CC2=O)CC[C@@H]2[C@@H]1CC[C@]1(C)[C@H](C(=O)CC(Br)CCC(=O)O)CC[C@@H]21. The third kappa shape index (κ3) is 3.91. The van der Waals surface area contributed by atoms with Crippen molar-refractivity contribution in [3.05, 3.63) is 23.2 Å². The van der Waals surface area contributed by atoms with E-state index < -0.39 is 11.8 Å². The zero-order valence-corrected chi connectivity index (χ0v) is 22.8. The molecular weight excluding hydrogens is 512 g/mol. The van der Waals surface area contributed by atoms with Crippen LogP contribution in [0.15, 0.2) is 23.2 Å². The van der Waals surface area contributed by atoms with Gasteiger partial charge in [-0.2, -0.15) is 0 Å². The van der Waals surface area contributed by atoms with Crippen LogP contribution in [0.5, 0.6) is 0 Å². The molecule has 1 heterocycles. The molecule has 5 rings (SSSR count). The molecule has 0 aromatic heterocycles. The van der Waals surface area contributed by atoms with E-state index in [1.165, 1.54) is 5.57 Å². The summed E-state index contributed by atoms with van der Waals surface area (Å²) in [5.41, 5.74) is 0.823. The number of fused-ring (bicyclic) bond motifs is 6. The van der Waals surface area contributed by atoms with Crippen LogP contribution in [-0.4, -0.2) is 33.3 Å². The van der Waals surface area contributed by atoms with Crippen LogP contribution in [0.1, 0.15) is 85.5 Å². The maximum Gasteiger partial charge on any atom is 0.303 e. The second-order valence-electron chi connectivity index (χ2n) is 12.3. The van der Waals surface area contributed by atoms with Crippen molar-refractivity contribution in [2.45, 2.75) is 96.1 Å². The Morgan fingerprint density at radius 1 is 1.11 bits per heavy atom. The summed E-state index contributed by atoms with van der Waals surface area (Å²) in [4.78, 5) is 37.1. The zero-order valence-electron chi connectivity index (χ0n) is 21.2. The topological polar surface area (TPSA) is 89.9 Å². The van der Waals surface area contributed by atoms with Gasteiger partial charge in [-0.3, -0.25) is 14.4 Å². The average Bonchev–Trinajstić information content (AvgIpc) is 3.30. The third-order valence-electron chi connectivity index (χ3n) is 9.98. The van der Waals surface area contributed by atoms with Gasteiger partial charge in [0.05, 0.1) is 5.41 Å². The highest BCUT2D eigenvalue weighted by molar-refractivity contribution is 9.09. The van der Waals surface area contributed by atoms with Crippen molar-refractivity contribution in [1.82, 2.24) is 0 Å². The maximum atomic E-state index is 13.4. The van der Waals surface area contributed by atoms with Crippen LogP contribution in [0.2, 0.25) is 0 Å². The molecule has 1 aliphatic heterocycles. The first-order valence-corrected chi connectivity index (χ1v) is 14.0. The molecule has 1 N–H and O–H groups in total. The molecule has 0 saturated heterocycles. The monoisotopic (exact) mass is 548 g/mol. The van der Waals surface area contributed by atoms with Crippen LogP contribution in [-0.2, 0) is 23.9 Å². The lowest BCUT2D eigenvalue weighted by Gasteiger charge is -2.57. The number of alkyl halides is 1. The number of ketones is 2. The van der Waals surface area contributed by atoms with E-state index in [0.29, 0.717) is 36.4 Å². The van der Waals surface area contributed by atoms with E-state index in [1.807, 2.05) is 19.9 Å². The highest BCUT2D eigenvalue weighted by Gasteiger charge is 2.63. The Kier molecular flexibility index (Phi) is 6.05. The lowest BCUT2D eigenvalue weighted by atomic mass is 9.47. The van der Waals surface area contributed by atoms with Gasteiger partial charge in [-0.25, -0.2) is 0 Å². The van der Waals surface area contributed by atoms with Gasteiger partial charge in [0.2, 0.25) is 17.3 Å². The molecule has 7 heteroatoms. The normalized spacial score (nSPS) is 39.9. The fraction of sp³-hybridized carbons (Fsp3) is 0.750. The van der Waals surface area contributed by atoms with Crippen molar-refractivity contribution in [2.24, 2.45) is 34.5 Å². The number of allylic oxidation sites excluding steroid dienone is 2. The summed E-state index contributed by atoms with van der Waals surface area (Å²) in [5.74, 6) is 1.03. The molecule has 6 nitrogen and oxygen atoms in total. The molecule has 0 amide bonds. The molecule has 0 spiro atoms. The van der Waals surface area contributed by atoms with Gasteiger partial charge in [-0.15, -0.1) is 0 Å². The Morgan fingerprint density at radius 2 is 1.86 bits per heavy atom. The smallest absolute Gasteiger partial charge is 0.303 e. The Balaban J connectivity index is 1.37. The van der Waals surface area contributed by atoms with Crippen molar-refractivity contribution in [3.8, 4) is 0 Å². The van der Waals surface area contributed by atoms with E-state index >= 15 is 0 Å². The maximum absolute atomic E-state index is 13.4. The summed E-state index contributed by atoms with van der Waals surface area (Å²) >= 11 is 3.55. The molecule has 0 aromatic rings. The quantitative estimate of drug-likeness (QED) is 0.413. The van der Waals surface area contributed by atoms with Crippen LogP contribution in [0.3, 0.4) is 0 Å². The first-order chi connectivity index (χ1) is 16.4. The van der Waals surface area contributed by atoms with Crippen molar-refractivity contribution in [3.63, 3.8) is 0 Å². The molecule has 0 aromatic carbocycles. The average molecular weight is 550 g/mol. The van der Waals surface area contributed by atoms with Gasteiger partial charge in [-0.1, -0.05) is 28.4 Å². The molecule has 0 radical (unpaired) electrons. The number of aliphatic carboxylic acids is 1. The van der Waals surface area contributed by atoms with E-state index in [2.05, 4.69) is 29.8 Å². The molecule has 7 atom stereocenters. The summed E-state index contributed by atoms with van der Waals surface area (Å²) in [6, 6.07) is 0. The van der Waals surface area contributed by atoms with Crippen molar-refractivity contribution in [1.29, 1.82) is 0 Å². The van der Waals surface area contributed by atoms with Gasteiger partial charge in [-0.05, 0) is 81.1 Å². The number of carboxylic acid groups (broad SMARTS) is 1. The first-order valence-electron chi connectivity index (χ1n) is 13.1. The molecule has 0 bridgehead atoms. The minimum absolute atomic E-state index is 0.0245. The van der Waals surface area contributed by atoms with E-state index in [0.717, 1.165) is 44.3 Å². The Bertz CT molecular complexity index is 1030. The van der Waals surface area contributed by atoms with Crippen LogP contribution >= 0.6 is 15.9 Å². The van der Waals surface area contributed by atoms with E-state index in [1.54, 1.807) is 0 Å². The Morgan fingerprint density at radius 3 is 2.57 bits per heavy atom. The highest BCUT2D eigenvalue weighted by Crippen LogP contribution is 2.68. The van der Waals surface area contributed by atoms with Gasteiger partial charge in [0.1, 0.15) is 5.78 Å². The van der Waals surface area contributed by atoms with Crippen LogP contribution in [0.25, 0.3) is 0 Å². The second kappa shape index (κ2) is 8.46. The molecule has 4 aliphatic carbocycles. The predicted molar refractivity (Wildman–Crippen MR) is 133 cm³/mol. The number of ether oxygens (including phenoxy) is 2. The van der Waals surface area contributed by atoms with Gasteiger partial charge < -0.3 is 14.6 Å². The van der Waals surface area contributed by atoms with Crippen molar-refractivity contribution < 1.29 is 29.0 Å². The standard InChI is InChI=1S/C28H37BrO6/c1-26(2)34-24-22(31)13-15-5-7-17-18-8-9-20(21(30)14-16(29)6-10-23(32)33)27(18,3)12-11-19(17)28(15,4)25(24)35-26/h13,16-20H,5-12,14H2,1-4H3,(H,32,33)/t16?,17-,18-,19-,20-,27-,28-/m0/s1. The zero-order chi connectivity index (χ0) is 25.3. The number of hydrogen-bond donors (Lipinski definition) is 1. The van der Waals surface area contributed by atoms with Crippen molar-refractivity contribution in [2.75, 3.05) is 0 Å². The summed E-state index contributed by atoms with van der Waals surface area (Å²) in [6.07, 6.45) is 8.65. The third-order valence-corrected chi connectivity index (χ3v) is 10.8. The number of Topliss-reactive ketones (excluding diaryl/α,β-unsaturated/α-hetero) is 1. The number of carboxylic acids is 1. The minimum Gasteiger partial charge on any atom is -0.481 e. The highest BCUT2D eigenvalue weighted by atomic mass is 79.9. The molecule has 1 unspecified atom stereocenters. The number of carbonyl (C=O) groups is 3. The lowest BCUT2D eigenvalue weighted by Crippen LogP contribution is -2.52. The molecular formula is C28H37BrO6. The Labute approximate surface area is 216 Å². The fourth-order valence-electron chi connectivity index (χ4n) is 8.37. The first kappa shape index (κ1) is 25.0. The fourth-order valence-corrected chi connectivity index (χ4v) is 8.92. The van der Waals surface area contributed by atoms with E-state index in [9.17, 15) is 14.4 Å². The van der Waals surface area contributed by atoms with Crippen LogP contribution in [0, 0.1) is 34.5 Å². The van der Waals surface area contributed by atoms with Crippen LogP contribution < -0.4 is 0 Å². The summed E-state index contributed by atoms with van der Waals surface area (Å²) in [6.45, 7) is 8.30. The van der Waals surface area contributed by atoms with E-state index in [-0.39, 0.29) is 39.6 Å². The van der Waals surface area contributed by atoms with Gasteiger partial charge in [0.15, 0.2) is 5.76 Å². The number of hydrogen-bond acceptors (Lipinski definition) is 5. The van der Waals surface area contributed by atoms with Gasteiger partial charge >= 0.3 is 5.97 Å². The van der Waals surface area contributed by atoms with Crippen LogP contribution in [0.4, 0.5) is 0 Å². The summed E-state index contributed by atoms with van der Waals surface area (Å²) in [7, 11) is 0. The second-order valence-corrected chi connectivity index (χ2v) is 13.6. The molecule has 3 fully saturated rings. The minimum atomic E-state index is -0.833. The molecule has 192 valence electrons. The summed E-state index contributed by atoms with van der Waals surface area (Å²) in [5, 5.41) is 8.97. The largest absolute Gasteiger partial charge is 0.481 e. The molecule has 5 aliphatic rings. The van der Waals surface area contributed by atoms with E-state index in [4.69, 9.17) is 14.6 Å². The van der Waals surface area contributed by atoms with Crippen molar-refractivity contribution >= 4 is 33.5 Å². The number of carbonyl (C=O) groups excluding carboxylic acids is 2. The number of halogens is 1. The summed E-state index contributed by atoms with van der Waals surface area (Å²) < 4.78 is 12.3. The van der Waals surface area contributed by atoms with Gasteiger partial charge in [0.25, 0.3) is 0 Å².